The van der Waals surface area contributed by atoms with Gasteiger partial charge in [0.25, 0.3) is 0 Å². The maximum absolute atomic E-state index is 11.9. The zero-order valence-electron chi connectivity index (χ0n) is 26.3. The van der Waals surface area contributed by atoms with Gasteiger partial charge in [0.05, 0.1) is 26.4 Å². The monoisotopic (exact) mass is 736 g/mol. The Morgan fingerprint density at radius 1 is 0.500 bits per heavy atom. The fraction of sp³-hybridized carbons (Fsp3) is 0.963. The number of aliphatic hydroxyl groups excluding tert-OH is 11. The van der Waals surface area contributed by atoms with Crippen LogP contribution >= 0.6 is 0 Å². The van der Waals surface area contributed by atoms with E-state index in [1.807, 2.05) is 0 Å². The molecule has 290 valence electrons. The maximum Gasteiger partial charge on any atom is 0.335 e. The molecule has 5 heterocycles. The molecule has 0 amide bonds. The Bertz CT molecular complexity index is 1100. The van der Waals surface area contributed by atoms with Crippen molar-refractivity contribution >= 4 is 5.97 Å². The van der Waals surface area contributed by atoms with Gasteiger partial charge in [0, 0.05) is 7.11 Å². The van der Waals surface area contributed by atoms with Crippen molar-refractivity contribution in [3.63, 3.8) is 0 Å². The van der Waals surface area contributed by atoms with E-state index in [9.17, 15) is 66.1 Å². The maximum atomic E-state index is 11.9. The molecule has 0 saturated carbocycles. The molecule has 50 heavy (non-hydrogen) atoms. The lowest BCUT2D eigenvalue weighted by atomic mass is 9.98. The Labute approximate surface area is 282 Å². The van der Waals surface area contributed by atoms with Gasteiger partial charge in [0.1, 0.15) is 91.6 Å². The number of aliphatic hydroxyl groups is 11. The van der Waals surface area contributed by atoms with Gasteiger partial charge in [0.2, 0.25) is 0 Å². The van der Waals surface area contributed by atoms with E-state index < -0.39 is 162 Å². The molecule has 0 bridgehead atoms. The minimum atomic E-state index is -1.98. The van der Waals surface area contributed by atoms with Crippen molar-refractivity contribution in [2.75, 3.05) is 33.5 Å². The van der Waals surface area contributed by atoms with E-state index in [1.165, 1.54) is 0 Å². The summed E-state index contributed by atoms with van der Waals surface area (Å²) in [7, 11) is 1.07. The summed E-state index contributed by atoms with van der Waals surface area (Å²) in [6.07, 6.45) is -35.6. The van der Waals surface area contributed by atoms with Gasteiger partial charge >= 0.3 is 5.97 Å². The van der Waals surface area contributed by atoms with Gasteiger partial charge in [-0.2, -0.15) is 0 Å². The number of hydrogen-bond acceptors (Lipinski definition) is 22. The molecule has 5 aliphatic rings. The topological polar surface area (TPSA) is 352 Å². The predicted octanol–water partition coefficient (Wildman–Crippen LogP) is -8.62. The molecule has 5 aliphatic heterocycles. The zero-order chi connectivity index (χ0) is 36.6. The highest BCUT2D eigenvalue weighted by atomic mass is 16.8. The first-order chi connectivity index (χ1) is 23.6. The van der Waals surface area contributed by atoms with E-state index in [1.54, 1.807) is 0 Å². The van der Waals surface area contributed by atoms with Crippen LogP contribution in [0.5, 0.6) is 0 Å². The van der Waals surface area contributed by atoms with E-state index in [4.69, 9.17) is 47.4 Å². The quantitative estimate of drug-likeness (QED) is 0.0990. The standard InChI is InChI=1S/C27H44O23/c1-41-19-14(33)18(37)26(50-21(19)22(38)39)49-20-13(32)9(47-24-16(35)10(29)6(28)2-43-24)5-45-27(20)48-8-4-44-25(17(36)12(8)31)46-7-3-42-23(40)15(34)11(7)30/h6-21,23-37,40H,2-5H2,1H3,(H,38,39)/t6-,7-,8-,9-,10+,11+,12+,13+,14-,15-,16-,17-,18-,19+,20-,21+,23?,24+,25+,26+,27+/m1/s1. The molecule has 23 nitrogen and oxygen atoms in total. The van der Waals surface area contributed by atoms with Crippen molar-refractivity contribution in [1.82, 2.24) is 0 Å². The molecule has 0 aromatic rings. The molecule has 23 heteroatoms. The number of carboxylic acids is 1. The van der Waals surface area contributed by atoms with Crippen molar-refractivity contribution in [1.29, 1.82) is 0 Å². The van der Waals surface area contributed by atoms with Crippen LogP contribution < -0.4 is 0 Å². The first-order valence-electron chi connectivity index (χ1n) is 15.6. The van der Waals surface area contributed by atoms with E-state index in [2.05, 4.69) is 0 Å². The second kappa shape index (κ2) is 16.8. The summed E-state index contributed by atoms with van der Waals surface area (Å²) < 4.78 is 54.2. The number of methoxy groups -OCH3 is 1. The summed E-state index contributed by atoms with van der Waals surface area (Å²) in [6.45, 7) is -1.92. The Balaban J connectivity index is 1.30. The number of rotatable bonds is 10. The molecule has 12 N–H and O–H groups in total. The van der Waals surface area contributed by atoms with E-state index >= 15 is 0 Å². The largest absolute Gasteiger partial charge is 0.479 e. The lowest BCUT2D eigenvalue weighted by Crippen LogP contribution is -2.65. The fourth-order valence-corrected chi connectivity index (χ4v) is 6.02. The van der Waals surface area contributed by atoms with Crippen molar-refractivity contribution in [3.05, 3.63) is 0 Å². The minimum Gasteiger partial charge on any atom is -0.479 e. The number of ether oxygens (including phenoxy) is 10. The molecule has 0 aromatic carbocycles. The Kier molecular flexibility index (Phi) is 13.3. The van der Waals surface area contributed by atoms with Crippen LogP contribution in [0.15, 0.2) is 0 Å². The van der Waals surface area contributed by atoms with Gasteiger partial charge in [-0.3, -0.25) is 0 Å². The molecule has 0 aliphatic carbocycles. The second-order valence-corrected chi connectivity index (χ2v) is 12.4. The molecular weight excluding hydrogens is 692 g/mol. The first kappa shape index (κ1) is 39.8. The normalized spacial score (nSPS) is 52.0. The number of carboxylic acid groups (broad SMARTS) is 1. The predicted molar refractivity (Wildman–Crippen MR) is 148 cm³/mol. The summed E-state index contributed by atoms with van der Waals surface area (Å²) in [5.41, 5.74) is 0. The van der Waals surface area contributed by atoms with Crippen LogP contribution in [-0.4, -0.2) is 230 Å². The third kappa shape index (κ3) is 8.23. The summed E-state index contributed by atoms with van der Waals surface area (Å²) in [5.74, 6) is -1.60. The molecule has 5 saturated heterocycles. The highest BCUT2D eigenvalue weighted by Crippen LogP contribution is 2.33. The summed E-state index contributed by atoms with van der Waals surface area (Å²) in [6, 6.07) is 0. The van der Waals surface area contributed by atoms with Crippen LogP contribution in [0.1, 0.15) is 0 Å². The van der Waals surface area contributed by atoms with Gasteiger partial charge < -0.3 is 109 Å². The molecule has 5 rings (SSSR count). The van der Waals surface area contributed by atoms with E-state index in [0.29, 0.717) is 0 Å². The molecule has 5 fully saturated rings. The zero-order valence-corrected chi connectivity index (χ0v) is 26.3. The molecule has 1 unspecified atom stereocenters. The van der Waals surface area contributed by atoms with Crippen molar-refractivity contribution < 1.29 is 113 Å². The van der Waals surface area contributed by atoms with Crippen molar-refractivity contribution in [3.8, 4) is 0 Å². The highest BCUT2D eigenvalue weighted by Gasteiger charge is 2.54. The van der Waals surface area contributed by atoms with Gasteiger partial charge in [0.15, 0.2) is 37.6 Å². The van der Waals surface area contributed by atoms with E-state index in [-0.39, 0.29) is 0 Å². The average Bonchev–Trinajstić information content (AvgIpc) is 3.08. The Morgan fingerprint density at radius 3 is 1.58 bits per heavy atom. The summed E-state index contributed by atoms with van der Waals surface area (Å²) >= 11 is 0. The highest BCUT2D eigenvalue weighted by molar-refractivity contribution is 5.73. The Morgan fingerprint density at radius 2 is 0.980 bits per heavy atom. The third-order valence-corrected chi connectivity index (χ3v) is 9.03. The summed E-state index contributed by atoms with van der Waals surface area (Å²) in [4.78, 5) is 11.9. The minimum absolute atomic E-state index is 0.405. The Hall–Kier alpha value is -1.37. The van der Waals surface area contributed by atoms with Gasteiger partial charge in [-0.1, -0.05) is 0 Å². The van der Waals surface area contributed by atoms with Crippen LogP contribution in [0.25, 0.3) is 0 Å². The van der Waals surface area contributed by atoms with E-state index in [0.717, 1.165) is 7.11 Å². The van der Waals surface area contributed by atoms with Crippen molar-refractivity contribution in [2.45, 2.75) is 129 Å². The van der Waals surface area contributed by atoms with Crippen LogP contribution in [0, 0.1) is 0 Å². The smallest absolute Gasteiger partial charge is 0.335 e. The SMILES string of the molecule is CO[C@H]1[C@H](O)[C@@H](O)[C@@H](O[C@H]2[C@H](O[C@@H]3CO[C@@H](O[C@@H]4COC(O)[C@H](O)[C@H]4O)[C@H](O)[C@H]3O)OC[C@@H](O[C@@H]3OC[C@@H](O)[C@H](O)[C@H]3O)[C@@H]2O)O[C@@H]1C(=O)O. The molecule has 0 spiro atoms. The molecular formula is C27H44O23. The second-order valence-electron chi connectivity index (χ2n) is 12.4. The summed E-state index contributed by atoms with van der Waals surface area (Å²) in [5, 5.41) is 124. The van der Waals surface area contributed by atoms with Crippen molar-refractivity contribution in [2.24, 2.45) is 0 Å². The van der Waals surface area contributed by atoms with Crippen LogP contribution in [0.4, 0.5) is 0 Å². The van der Waals surface area contributed by atoms with Crippen LogP contribution in [0.3, 0.4) is 0 Å². The lowest BCUT2D eigenvalue weighted by Gasteiger charge is -2.47. The van der Waals surface area contributed by atoms with Gasteiger partial charge in [-0.15, -0.1) is 0 Å². The van der Waals surface area contributed by atoms with Crippen LogP contribution in [-0.2, 0) is 52.2 Å². The molecule has 21 atom stereocenters. The average molecular weight is 737 g/mol. The van der Waals surface area contributed by atoms with Gasteiger partial charge in [-0.25, -0.2) is 4.79 Å². The number of hydrogen-bond donors (Lipinski definition) is 12. The number of carbonyl (C=O) groups is 1. The first-order valence-corrected chi connectivity index (χ1v) is 15.6. The number of aliphatic carboxylic acids is 1. The molecule has 0 radical (unpaired) electrons. The van der Waals surface area contributed by atoms with Gasteiger partial charge in [-0.05, 0) is 0 Å². The van der Waals surface area contributed by atoms with Crippen LogP contribution in [0.2, 0.25) is 0 Å². The fourth-order valence-electron chi connectivity index (χ4n) is 6.02. The third-order valence-electron chi connectivity index (χ3n) is 9.03. The molecule has 0 aromatic heterocycles. The lowest BCUT2D eigenvalue weighted by molar-refractivity contribution is -0.382.